The molecule has 172 valence electrons. The van der Waals surface area contributed by atoms with Crippen LogP contribution in [-0.4, -0.2) is 36.3 Å². The molecular formula is C24H22FN7OS. The summed E-state index contributed by atoms with van der Waals surface area (Å²) >= 11 is 1.36. The minimum Gasteiger partial charge on any atom is -0.354 e. The first kappa shape index (κ1) is 22.1. The highest BCUT2D eigenvalue weighted by atomic mass is 32.2. The summed E-state index contributed by atoms with van der Waals surface area (Å²) in [5.74, 6) is -0.383. The van der Waals surface area contributed by atoms with Crippen LogP contribution in [0, 0.1) is 17.1 Å². The fourth-order valence-corrected chi connectivity index (χ4v) is 5.35. The average Bonchev–Trinajstić information content (AvgIpc) is 3.48. The fraction of sp³-hybridized carbons (Fsp3) is 0.292. The van der Waals surface area contributed by atoms with E-state index in [4.69, 9.17) is 0 Å². The lowest BCUT2D eigenvalue weighted by Gasteiger charge is -2.28. The van der Waals surface area contributed by atoms with E-state index in [1.165, 1.54) is 30.2 Å². The van der Waals surface area contributed by atoms with Crippen molar-refractivity contribution in [2.45, 2.75) is 54.6 Å². The second-order valence-corrected chi connectivity index (χ2v) is 9.45. The Hall–Kier alpha value is -3.71. The molecule has 5 rings (SSSR count). The Bertz CT molecular complexity index is 1380. The Kier molecular flexibility index (Phi) is 6.02. The van der Waals surface area contributed by atoms with Gasteiger partial charge in [-0.2, -0.15) is 15.5 Å². The molecule has 4 heterocycles. The van der Waals surface area contributed by atoms with E-state index in [2.05, 4.69) is 26.6 Å². The lowest BCUT2D eigenvalue weighted by Crippen LogP contribution is -2.36. The third kappa shape index (κ3) is 4.52. The monoisotopic (exact) mass is 475 g/mol. The van der Waals surface area contributed by atoms with Gasteiger partial charge in [0.1, 0.15) is 16.9 Å². The van der Waals surface area contributed by atoms with E-state index in [0.29, 0.717) is 16.1 Å². The van der Waals surface area contributed by atoms with E-state index in [9.17, 15) is 14.4 Å². The molecule has 0 spiro atoms. The number of rotatable bonds is 5. The second kappa shape index (κ2) is 9.27. The number of nitrogens with one attached hydrogen (secondary N) is 1. The Morgan fingerprint density at radius 2 is 1.97 bits per heavy atom. The summed E-state index contributed by atoms with van der Waals surface area (Å²) in [5, 5.41) is 22.1. The van der Waals surface area contributed by atoms with E-state index >= 15 is 0 Å². The molecule has 1 aliphatic carbocycles. The molecule has 8 nitrogen and oxygen atoms in total. The molecule has 1 aliphatic rings. The zero-order valence-corrected chi connectivity index (χ0v) is 19.3. The van der Waals surface area contributed by atoms with Crippen molar-refractivity contribution in [1.29, 1.82) is 5.26 Å². The van der Waals surface area contributed by atoms with Crippen LogP contribution in [0.15, 0.2) is 59.1 Å². The highest BCUT2D eigenvalue weighted by molar-refractivity contribution is 7.99. The molecular weight excluding hydrogens is 453 g/mol. The molecule has 1 saturated carbocycles. The number of aromatic nitrogens is 5. The van der Waals surface area contributed by atoms with Crippen molar-refractivity contribution in [2.75, 3.05) is 0 Å². The van der Waals surface area contributed by atoms with Gasteiger partial charge < -0.3 is 5.32 Å². The number of halogens is 1. The molecule has 1 amide bonds. The second-order valence-electron chi connectivity index (χ2n) is 8.39. The van der Waals surface area contributed by atoms with Crippen LogP contribution in [0.4, 0.5) is 4.39 Å². The van der Waals surface area contributed by atoms with Crippen molar-refractivity contribution < 1.29 is 9.18 Å². The van der Waals surface area contributed by atoms with E-state index in [0.717, 1.165) is 41.7 Å². The standard InChI is InChI=1S/C24H22FN7OS/c1-15(33)30-20-3-5-21(6-4-20)31-14-18(11-28-31)16-8-22(34-23-7-2-19(25)12-27-23)24-17(9-26)10-29-32(24)13-16/h2,7-8,10-14,20-21H,3-6H2,1H3,(H,30,33)/t20-,21+. The van der Waals surface area contributed by atoms with Crippen LogP contribution >= 0.6 is 11.8 Å². The molecule has 0 radical (unpaired) electrons. The maximum atomic E-state index is 13.3. The summed E-state index contributed by atoms with van der Waals surface area (Å²) in [6, 6.07) is 7.67. The molecule has 0 aromatic carbocycles. The molecule has 0 atom stereocenters. The number of fused-ring (bicyclic) bond motifs is 1. The average molecular weight is 476 g/mol. The quantitative estimate of drug-likeness (QED) is 0.460. The van der Waals surface area contributed by atoms with Gasteiger partial charge in [-0.1, -0.05) is 11.8 Å². The van der Waals surface area contributed by atoms with Crippen LogP contribution < -0.4 is 5.32 Å². The van der Waals surface area contributed by atoms with Crippen molar-refractivity contribution in [1.82, 2.24) is 29.7 Å². The highest BCUT2D eigenvalue weighted by Gasteiger charge is 2.24. The fourth-order valence-electron chi connectivity index (χ4n) is 4.40. The molecule has 10 heteroatoms. The maximum Gasteiger partial charge on any atom is 0.217 e. The Balaban J connectivity index is 1.43. The predicted octanol–water partition coefficient (Wildman–Crippen LogP) is 4.37. The first-order valence-electron chi connectivity index (χ1n) is 11.0. The van der Waals surface area contributed by atoms with Gasteiger partial charge in [-0.15, -0.1) is 0 Å². The minimum absolute atomic E-state index is 0.0166. The van der Waals surface area contributed by atoms with Crippen LogP contribution in [0.25, 0.3) is 16.6 Å². The Morgan fingerprint density at radius 3 is 2.68 bits per heavy atom. The minimum atomic E-state index is -0.399. The number of pyridine rings is 2. The SMILES string of the molecule is CC(=O)N[C@H]1CC[C@@H](n2cc(-c3cc(Sc4ccc(F)cn4)c4c(C#N)cnn4c3)cn2)CC1. The van der Waals surface area contributed by atoms with Gasteiger partial charge in [0.25, 0.3) is 0 Å². The van der Waals surface area contributed by atoms with Crippen LogP contribution in [0.5, 0.6) is 0 Å². The molecule has 4 aromatic rings. The summed E-state index contributed by atoms with van der Waals surface area (Å²) in [6.07, 6.45) is 12.2. The van der Waals surface area contributed by atoms with Crippen molar-refractivity contribution in [2.24, 2.45) is 0 Å². The van der Waals surface area contributed by atoms with Crippen LogP contribution in [-0.2, 0) is 4.79 Å². The zero-order valence-electron chi connectivity index (χ0n) is 18.5. The van der Waals surface area contributed by atoms with E-state index in [1.54, 1.807) is 17.5 Å². The normalized spacial score (nSPS) is 18.0. The number of nitriles is 1. The molecule has 0 unspecified atom stereocenters. The summed E-state index contributed by atoms with van der Waals surface area (Å²) in [5.41, 5.74) is 2.99. The summed E-state index contributed by atoms with van der Waals surface area (Å²) in [4.78, 5) is 16.3. The van der Waals surface area contributed by atoms with E-state index in [1.807, 2.05) is 29.3 Å². The maximum absolute atomic E-state index is 13.3. The van der Waals surface area contributed by atoms with Crippen LogP contribution in [0.1, 0.15) is 44.2 Å². The van der Waals surface area contributed by atoms with Gasteiger partial charge in [0.15, 0.2) is 0 Å². The number of carbonyl (C=O) groups is 1. The topological polar surface area (TPSA) is 101 Å². The number of nitrogens with zero attached hydrogens (tertiary/aromatic N) is 6. The molecule has 34 heavy (non-hydrogen) atoms. The third-order valence-corrected chi connectivity index (χ3v) is 7.01. The zero-order chi connectivity index (χ0) is 23.7. The molecule has 4 aromatic heterocycles. The van der Waals surface area contributed by atoms with Gasteiger partial charge in [-0.05, 0) is 43.9 Å². The Morgan fingerprint density at radius 1 is 1.15 bits per heavy atom. The van der Waals surface area contributed by atoms with Gasteiger partial charge in [0.2, 0.25) is 5.91 Å². The van der Waals surface area contributed by atoms with Gasteiger partial charge in [0, 0.05) is 41.4 Å². The largest absolute Gasteiger partial charge is 0.354 e. The lowest BCUT2D eigenvalue weighted by molar-refractivity contribution is -0.119. The van der Waals surface area contributed by atoms with Crippen LogP contribution in [0.2, 0.25) is 0 Å². The third-order valence-electron chi connectivity index (χ3n) is 6.03. The number of carbonyl (C=O) groups excluding carboxylic acids is 1. The van der Waals surface area contributed by atoms with E-state index in [-0.39, 0.29) is 18.0 Å². The summed E-state index contributed by atoms with van der Waals surface area (Å²) < 4.78 is 17.0. The van der Waals surface area contributed by atoms with Crippen molar-refractivity contribution in [3.05, 3.63) is 60.6 Å². The van der Waals surface area contributed by atoms with Crippen molar-refractivity contribution in [3.8, 4) is 17.2 Å². The predicted molar refractivity (Wildman–Crippen MR) is 125 cm³/mol. The molecule has 0 saturated heterocycles. The Labute approximate surface area is 199 Å². The molecule has 1 fully saturated rings. The summed E-state index contributed by atoms with van der Waals surface area (Å²) in [7, 11) is 0. The highest BCUT2D eigenvalue weighted by Crippen LogP contribution is 2.35. The lowest BCUT2D eigenvalue weighted by atomic mass is 9.91. The van der Waals surface area contributed by atoms with Gasteiger partial charge in [-0.25, -0.2) is 13.9 Å². The first-order valence-corrected chi connectivity index (χ1v) is 11.8. The van der Waals surface area contributed by atoms with Gasteiger partial charge in [-0.3, -0.25) is 9.48 Å². The smallest absolute Gasteiger partial charge is 0.217 e. The number of hydrogen-bond donors (Lipinski definition) is 1. The number of amides is 1. The number of hydrogen-bond acceptors (Lipinski definition) is 6. The first-order chi connectivity index (χ1) is 16.5. The summed E-state index contributed by atoms with van der Waals surface area (Å²) in [6.45, 7) is 1.56. The van der Waals surface area contributed by atoms with Gasteiger partial charge in [0.05, 0.1) is 35.7 Å². The molecule has 0 bridgehead atoms. The van der Waals surface area contributed by atoms with Crippen molar-refractivity contribution in [3.63, 3.8) is 0 Å². The molecule has 0 aliphatic heterocycles. The van der Waals surface area contributed by atoms with Crippen LogP contribution in [0.3, 0.4) is 0 Å². The van der Waals surface area contributed by atoms with Crippen molar-refractivity contribution >= 4 is 23.2 Å². The van der Waals surface area contributed by atoms with E-state index < -0.39 is 5.82 Å². The molecule has 1 N–H and O–H groups in total. The van der Waals surface area contributed by atoms with Gasteiger partial charge >= 0.3 is 0 Å².